The van der Waals surface area contributed by atoms with Gasteiger partial charge in [-0.25, -0.2) is 9.78 Å². The van der Waals surface area contributed by atoms with Crippen LogP contribution in [-0.4, -0.2) is 54.0 Å². The molecule has 0 saturated carbocycles. The van der Waals surface area contributed by atoms with Crippen LogP contribution in [0.5, 0.6) is 0 Å². The molecule has 1 aromatic rings. The molecular formula is C11H16N2O3S2. The number of thioether (sulfide) groups is 1. The fourth-order valence-electron chi connectivity index (χ4n) is 1.18. The van der Waals surface area contributed by atoms with Crippen molar-refractivity contribution in [2.45, 2.75) is 6.92 Å². The number of hydrogen-bond acceptors (Lipinski definition) is 6. The van der Waals surface area contributed by atoms with Gasteiger partial charge in [-0.15, -0.1) is 11.3 Å². The maximum Gasteiger partial charge on any atom is 0.367 e. The Morgan fingerprint density at radius 3 is 2.89 bits per heavy atom. The Labute approximate surface area is 115 Å². The highest BCUT2D eigenvalue weighted by Crippen LogP contribution is 2.13. The number of nitrogens with zero attached hydrogens (tertiary/aromatic N) is 2. The molecule has 0 aliphatic carbocycles. The Morgan fingerprint density at radius 2 is 2.28 bits per heavy atom. The van der Waals surface area contributed by atoms with Gasteiger partial charge < -0.3 is 9.64 Å². The number of thiazole rings is 1. The number of amides is 1. The standard InChI is InChI=1S/C11H16N2O3S2/c1-4-16-11(15)9-12-8(7-18-9)10(14)13(2)5-6-17-3/h7H,4-6H2,1-3H3. The van der Waals surface area contributed by atoms with Gasteiger partial charge >= 0.3 is 5.97 Å². The van der Waals surface area contributed by atoms with E-state index in [1.165, 1.54) is 0 Å². The van der Waals surface area contributed by atoms with E-state index in [-0.39, 0.29) is 10.9 Å². The average molecular weight is 288 g/mol. The van der Waals surface area contributed by atoms with E-state index in [4.69, 9.17) is 4.74 Å². The zero-order chi connectivity index (χ0) is 13.5. The van der Waals surface area contributed by atoms with E-state index in [2.05, 4.69) is 4.98 Å². The van der Waals surface area contributed by atoms with Crippen molar-refractivity contribution in [2.75, 3.05) is 32.2 Å². The molecule has 0 fully saturated rings. The van der Waals surface area contributed by atoms with Crippen LogP contribution in [0.4, 0.5) is 0 Å². The third kappa shape index (κ3) is 3.99. The lowest BCUT2D eigenvalue weighted by Gasteiger charge is -2.14. The van der Waals surface area contributed by atoms with E-state index in [0.29, 0.717) is 18.8 Å². The molecule has 0 bridgehead atoms. The van der Waals surface area contributed by atoms with Crippen LogP contribution in [0.15, 0.2) is 5.38 Å². The molecule has 1 amide bonds. The molecule has 1 heterocycles. The highest BCUT2D eigenvalue weighted by Gasteiger charge is 2.18. The molecular weight excluding hydrogens is 272 g/mol. The summed E-state index contributed by atoms with van der Waals surface area (Å²) in [6.07, 6.45) is 1.99. The van der Waals surface area contributed by atoms with E-state index in [1.807, 2.05) is 6.26 Å². The molecule has 0 atom stereocenters. The minimum Gasteiger partial charge on any atom is -0.461 e. The Bertz CT molecular complexity index is 420. The van der Waals surface area contributed by atoms with Crippen molar-refractivity contribution in [1.29, 1.82) is 0 Å². The zero-order valence-electron chi connectivity index (χ0n) is 10.6. The van der Waals surface area contributed by atoms with Crippen LogP contribution in [0.3, 0.4) is 0 Å². The monoisotopic (exact) mass is 288 g/mol. The van der Waals surface area contributed by atoms with Gasteiger partial charge in [-0.05, 0) is 13.2 Å². The Balaban J connectivity index is 2.67. The predicted octanol–water partition coefficient (Wildman–Crippen LogP) is 1.75. The van der Waals surface area contributed by atoms with E-state index >= 15 is 0 Å². The Morgan fingerprint density at radius 1 is 1.56 bits per heavy atom. The summed E-state index contributed by atoms with van der Waals surface area (Å²) in [7, 11) is 1.72. The van der Waals surface area contributed by atoms with Gasteiger partial charge in [0.25, 0.3) is 5.91 Å². The smallest absolute Gasteiger partial charge is 0.367 e. The van der Waals surface area contributed by atoms with Crippen molar-refractivity contribution in [3.05, 3.63) is 16.1 Å². The van der Waals surface area contributed by atoms with Crippen molar-refractivity contribution in [3.63, 3.8) is 0 Å². The van der Waals surface area contributed by atoms with Crippen LogP contribution in [0.2, 0.25) is 0 Å². The lowest BCUT2D eigenvalue weighted by molar-refractivity contribution is 0.0526. The summed E-state index contributed by atoms with van der Waals surface area (Å²) in [4.78, 5) is 29.0. The normalized spacial score (nSPS) is 10.2. The van der Waals surface area contributed by atoms with Crippen LogP contribution in [0, 0.1) is 0 Å². The minimum atomic E-state index is -0.478. The van der Waals surface area contributed by atoms with Gasteiger partial charge in [0.1, 0.15) is 5.69 Å². The zero-order valence-corrected chi connectivity index (χ0v) is 12.3. The van der Waals surface area contributed by atoms with Crippen molar-refractivity contribution in [1.82, 2.24) is 9.88 Å². The molecule has 0 aliphatic rings. The highest BCUT2D eigenvalue weighted by molar-refractivity contribution is 7.98. The van der Waals surface area contributed by atoms with E-state index in [1.54, 1.807) is 36.0 Å². The molecule has 1 aromatic heterocycles. The average Bonchev–Trinajstić information content (AvgIpc) is 2.84. The van der Waals surface area contributed by atoms with Crippen molar-refractivity contribution in [3.8, 4) is 0 Å². The summed E-state index contributed by atoms with van der Waals surface area (Å²) < 4.78 is 4.83. The second-order valence-corrected chi connectivity index (χ2v) is 5.32. The second-order valence-electron chi connectivity index (χ2n) is 3.48. The molecule has 1 rings (SSSR count). The third-order valence-electron chi connectivity index (χ3n) is 2.15. The number of carbonyl (C=O) groups is 2. The molecule has 0 unspecified atom stereocenters. The summed E-state index contributed by atoms with van der Waals surface area (Å²) in [5.41, 5.74) is 0.298. The largest absolute Gasteiger partial charge is 0.461 e. The van der Waals surface area contributed by atoms with E-state index in [0.717, 1.165) is 17.1 Å². The molecule has 5 nitrogen and oxygen atoms in total. The summed E-state index contributed by atoms with van der Waals surface area (Å²) in [6, 6.07) is 0. The minimum absolute atomic E-state index is 0.171. The van der Waals surface area contributed by atoms with Crippen LogP contribution >= 0.6 is 23.1 Å². The Hall–Kier alpha value is -1.08. The van der Waals surface area contributed by atoms with Crippen molar-refractivity contribution < 1.29 is 14.3 Å². The van der Waals surface area contributed by atoms with Crippen molar-refractivity contribution >= 4 is 35.0 Å². The first-order chi connectivity index (χ1) is 8.60. The first kappa shape index (κ1) is 15.0. The van der Waals surface area contributed by atoms with Crippen molar-refractivity contribution in [2.24, 2.45) is 0 Å². The Kier molecular flexibility index (Phi) is 6.14. The molecule has 0 spiro atoms. The lowest BCUT2D eigenvalue weighted by Crippen LogP contribution is -2.29. The molecule has 0 N–H and O–H groups in total. The molecule has 0 saturated heterocycles. The van der Waals surface area contributed by atoms with Gasteiger partial charge in [0, 0.05) is 24.7 Å². The van der Waals surface area contributed by atoms with Gasteiger partial charge in [0.2, 0.25) is 5.01 Å². The topological polar surface area (TPSA) is 59.5 Å². The number of esters is 1. The summed E-state index contributed by atoms with van der Waals surface area (Å²) in [5.74, 6) is 0.223. The number of hydrogen-bond donors (Lipinski definition) is 0. The van der Waals surface area contributed by atoms with Crippen LogP contribution < -0.4 is 0 Å². The summed E-state index contributed by atoms with van der Waals surface area (Å²) >= 11 is 2.80. The van der Waals surface area contributed by atoms with Gasteiger partial charge in [0.05, 0.1) is 6.61 Å². The number of rotatable bonds is 6. The summed E-state index contributed by atoms with van der Waals surface area (Å²) in [6.45, 7) is 2.69. The first-order valence-electron chi connectivity index (χ1n) is 5.47. The maximum absolute atomic E-state index is 12.0. The molecule has 0 aromatic carbocycles. The summed E-state index contributed by atoms with van der Waals surface area (Å²) in [5, 5.41) is 1.81. The first-order valence-corrected chi connectivity index (χ1v) is 7.74. The molecule has 18 heavy (non-hydrogen) atoms. The van der Waals surface area contributed by atoms with E-state index < -0.39 is 5.97 Å². The molecule has 0 radical (unpaired) electrons. The highest BCUT2D eigenvalue weighted by atomic mass is 32.2. The fraction of sp³-hybridized carbons (Fsp3) is 0.545. The lowest BCUT2D eigenvalue weighted by atomic mass is 10.4. The van der Waals surface area contributed by atoms with Gasteiger partial charge in [-0.2, -0.15) is 11.8 Å². The quantitative estimate of drug-likeness (QED) is 0.746. The number of ether oxygens (including phenoxy) is 1. The number of aromatic nitrogens is 1. The maximum atomic E-state index is 12.0. The fourth-order valence-corrected chi connectivity index (χ4v) is 2.32. The molecule has 0 aliphatic heterocycles. The number of carbonyl (C=O) groups excluding carboxylic acids is 2. The van der Waals surface area contributed by atoms with Gasteiger partial charge in [-0.1, -0.05) is 0 Å². The van der Waals surface area contributed by atoms with Gasteiger partial charge in [-0.3, -0.25) is 4.79 Å². The molecule has 100 valence electrons. The van der Waals surface area contributed by atoms with Crippen LogP contribution in [-0.2, 0) is 4.74 Å². The van der Waals surface area contributed by atoms with Gasteiger partial charge in [0.15, 0.2) is 0 Å². The second kappa shape index (κ2) is 7.38. The third-order valence-corrected chi connectivity index (χ3v) is 3.56. The van der Waals surface area contributed by atoms with Crippen LogP contribution in [0.1, 0.15) is 27.2 Å². The SMILES string of the molecule is CCOC(=O)c1nc(C(=O)N(C)CCSC)cs1. The molecule has 7 heteroatoms. The van der Waals surface area contributed by atoms with E-state index in [9.17, 15) is 9.59 Å². The predicted molar refractivity (Wildman–Crippen MR) is 73.4 cm³/mol. The van der Waals surface area contributed by atoms with Crippen LogP contribution in [0.25, 0.3) is 0 Å².